The van der Waals surface area contributed by atoms with Gasteiger partial charge in [-0.15, -0.1) is 0 Å². The van der Waals surface area contributed by atoms with Crippen LogP contribution in [0.1, 0.15) is 30.0 Å². The van der Waals surface area contributed by atoms with Gasteiger partial charge in [-0.3, -0.25) is 0 Å². The van der Waals surface area contributed by atoms with Gasteiger partial charge in [0.2, 0.25) is 0 Å². The lowest BCUT2D eigenvalue weighted by Gasteiger charge is -2.20. The molecule has 1 aliphatic rings. The molecule has 0 saturated heterocycles. The number of oxime groups is 1. The third-order valence-corrected chi connectivity index (χ3v) is 5.30. The summed E-state index contributed by atoms with van der Waals surface area (Å²) in [6.45, 7) is 2.44. The molecule has 0 heterocycles. The predicted molar refractivity (Wildman–Crippen MR) is 101 cm³/mol. The highest BCUT2D eigenvalue weighted by atomic mass is 32.2. The van der Waals surface area contributed by atoms with Crippen LogP contribution in [-0.2, 0) is 21.1 Å². The number of hydrogen-bond donors (Lipinski definition) is 0. The van der Waals surface area contributed by atoms with Gasteiger partial charge in [0.25, 0.3) is 0 Å². The summed E-state index contributed by atoms with van der Waals surface area (Å²) in [5.41, 5.74) is 5.33. The second-order valence-electron chi connectivity index (χ2n) is 6.01. The summed E-state index contributed by atoms with van der Waals surface area (Å²) in [4.78, 5) is 5.61. The van der Waals surface area contributed by atoms with Crippen LogP contribution in [-0.4, -0.2) is 27.0 Å². The number of allylic oxidation sites excluding steroid dienone is 1. The van der Waals surface area contributed by atoms with Crippen molar-refractivity contribution in [3.05, 3.63) is 65.2 Å². The Bertz CT molecular complexity index is 926. The van der Waals surface area contributed by atoms with E-state index in [0.29, 0.717) is 11.5 Å². The summed E-state index contributed by atoms with van der Waals surface area (Å²) in [5, 5.41) is 4.29. The van der Waals surface area contributed by atoms with Crippen molar-refractivity contribution >= 4 is 27.2 Å². The standard InChI is InChI=1S/C20H21NO3S/c1-3-24-21-20-13-10-16-6-4-5-7-18(16)19(20)14-15-8-11-17(12-9-15)25(2,22)23/h4-9,11-12,14H,3,10,13H2,1-2H3/b19-14?,21-20-. The Hall–Kier alpha value is -2.40. The van der Waals surface area contributed by atoms with E-state index in [4.69, 9.17) is 4.84 Å². The minimum absolute atomic E-state index is 0.321. The summed E-state index contributed by atoms with van der Waals surface area (Å²) in [6, 6.07) is 15.2. The zero-order valence-electron chi connectivity index (χ0n) is 14.4. The van der Waals surface area contributed by atoms with Gasteiger partial charge in [-0.05, 0) is 54.7 Å². The number of sulfone groups is 1. The maximum absolute atomic E-state index is 11.6. The second kappa shape index (κ2) is 7.23. The number of fused-ring (bicyclic) bond motifs is 1. The zero-order chi connectivity index (χ0) is 17.9. The molecule has 5 heteroatoms. The quantitative estimate of drug-likeness (QED) is 0.780. The maximum atomic E-state index is 11.6. The fourth-order valence-corrected chi connectivity index (χ4v) is 3.55. The molecule has 0 N–H and O–H groups in total. The van der Waals surface area contributed by atoms with Crippen molar-refractivity contribution in [2.24, 2.45) is 5.16 Å². The molecule has 0 spiro atoms. The summed E-state index contributed by atoms with van der Waals surface area (Å²) in [6.07, 6.45) is 5.02. The van der Waals surface area contributed by atoms with Gasteiger partial charge < -0.3 is 4.84 Å². The maximum Gasteiger partial charge on any atom is 0.175 e. The highest BCUT2D eigenvalue weighted by Gasteiger charge is 2.20. The molecule has 0 bridgehead atoms. The van der Waals surface area contributed by atoms with Crippen LogP contribution in [0.3, 0.4) is 0 Å². The smallest absolute Gasteiger partial charge is 0.175 e. The van der Waals surface area contributed by atoms with Crippen LogP contribution in [0.2, 0.25) is 0 Å². The Kier molecular flexibility index (Phi) is 5.04. The van der Waals surface area contributed by atoms with E-state index in [1.165, 1.54) is 11.8 Å². The molecule has 0 saturated carbocycles. The van der Waals surface area contributed by atoms with Crippen LogP contribution < -0.4 is 0 Å². The molecule has 2 aromatic carbocycles. The third-order valence-electron chi connectivity index (χ3n) is 4.17. The van der Waals surface area contributed by atoms with E-state index >= 15 is 0 Å². The van der Waals surface area contributed by atoms with E-state index in [1.807, 2.05) is 37.3 Å². The first-order valence-corrected chi connectivity index (χ1v) is 10.2. The van der Waals surface area contributed by atoms with E-state index in [-0.39, 0.29) is 0 Å². The first-order chi connectivity index (χ1) is 12.0. The van der Waals surface area contributed by atoms with Crippen molar-refractivity contribution in [2.75, 3.05) is 12.9 Å². The minimum atomic E-state index is -3.19. The topological polar surface area (TPSA) is 55.7 Å². The van der Waals surface area contributed by atoms with Crippen molar-refractivity contribution in [3.8, 4) is 0 Å². The first kappa shape index (κ1) is 17.4. The average Bonchev–Trinajstić information content (AvgIpc) is 2.61. The van der Waals surface area contributed by atoms with Gasteiger partial charge >= 0.3 is 0 Å². The van der Waals surface area contributed by atoms with Crippen molar-refractivity contribution < 1.29 is 13.3 Å². The Balaban J connectivity index is 2.05. The summed E-state index contributed by atoms with van der Waals surface area (Å²) >= 11 is 0. The normalized spacial score (nSPS) is 17.5. The molecule has 0 unspecified atom stereocenters. The molecule has 25 heavy (non-hydrogen) atoms. The summed E-state index contributed by atoms with van der Waals surface area (Å²) in [7, 11) is -3.19. The number of rotatable bonds is 4. The average molecular weight is 355 g/mol. The van der Waals surface area contributed by atoms with Crippen molar-refractivity contribution in [2.45, 2.75) is 24.7 Å². The van der Waals surface area contributed by atoms with Gasteiger partial charge in [-0.2, -0.15) is 0 Å². The molecule has 0 atom stereocenters. The summed E-state index contributed by atoms with van der Waals surface area (Å²) in [5.74, 6) is 0. The lowest BCUT2D eigenvalue weighted by molar-refractivity contribution is 0.158. The molecule has 0 fully saturated rings. The second-order valence-corrected chi connectivity index (χ2v) is 8.03. The molecule has 0 amide bonds. The van der Waals surface area contributed by atoms with Crippen LogP contribution in [0.25, 0.3) is 11.6 Å². The van der Waals surface area contributed by atoms with E-state index in [1.54, 1.807) is 12.1 Å². The lowest BCUT2D eigenvalue weighted by atomic mass is 9.85. The monoisotopic (exact) mass is 355 g/mol. The fourth-order valence-electron chi connectivity index (χ4n) is 2.92. The zero-order valence-corrected chi connectivity index (χ0v) is 15.2. The predicted octanol–water partition coefficient (Wildman–Crippen LogP) is 3.97. The Morgan fingerprint density at radius 3 is 2.48 bits per heavy atom. The number of aryl methyl sites for hydroxylation is 1. The van der Waals surface area contributed by atoms with Gasteiger partial charge in [0, 0.05) is 11.8 Å². The molecular formula is C20H21NO3S. The fraction of sp³-hybridized carbons (Fsp3) is 0.250. The van der Waals surface area contributed by atoms with E-state index < -0.39 is 9.84 Å². The van der Waals surface area contributed by atoms with E-state index in [0.717, 1.165) is 35.3 Å². The Morgan fingerprint density at radius 1 is 1.08 bits per heavy atom. The number of nitrogens with zero attached hydrogens (tertiary/aromatic N) is 1. The Labute approximate surface area is 148 Å². The van der Waals surface area contributed by atoms with Gasteiger partial charge in [0.05, 0.1) is 10.6 Å². The van der Waals surface area contributed by atoms with Crippen LogP contribution in [0.4, 0.5) is 0 Å². The van der Waals surface area contributed by atoms with Crippen LogP contribution in [0.5, 0.6) is 0 Å². The van der Waals surface area contributed by atoms with E-state index in [9.17, 15) is 8.42 Å². The van der Waals surface area contributed by atoms with Gasteiger partial charge in [0.15, 0.2) is 9.84 Å². The molecule has 2 aromatic rings. The molecule has 0 radical (unpaired) electrons. The number of hydrogen-bond acceptors (Lipinski definition) is 4. The van der Waals surface area contributed by atoms with Crippen molar-refractivity contribution in [1.29, 1.82) is 0 Å². The molecule has 0 aliphatic heterocycles. The number of benzene rings is 2. The summed E-state index contributed by atoms with van der Waals surface area (Å²) < 4.78 is 23.2. The third kappa shape index (κ3) is 3.99. The molecule has 4 nitrogen and oxygen atoms in total. The molecular weight excluding hydrogens is 334 g/mol. The molecule has 1 aliphatic carbocycles. The molecule has 0 aromatic heterocycles. The van der Waals surface area contributed by atoms with Gasteiger partial charge in [-0.25, -0.2) is 8.42 Å². The SMILES string of the molecule is CCO/N=C1/CCc2ccccc2C1=Cc1ccc(S(C)(=O)=O)cc1. The van der Waals surface area contributed by atoms with Crippen molar-refractivity contribution in [1.82, 2.24) is 0 Å². The largest absolute Gasteiger partial charge is 0.396 e. The van der Waals surface area contributed by atoms with Gasteiger partial charge in [-0.1, -0.05) is 41.6 Å². The van der Waals surface area contributed by atoms with Crippen LogP contribution >= 0.6 is 0 Å². The van der Waals surface area contributed by atoms with Gasteiger partial charge in [0.1, 0.15) is 6.61 Å². The molecule has 3 rings (SSSR count). The highest BCUT2D eigenvalue weighted by molar-refractivity contribution is 7.90. The minimum Gasteiger partial charge on any atom is -0.396 e. The van der Waals surface area contributed by atoms with Crippen LogP contribution in [0.15, 0.2) is 58.6 Å². The van der Waals surface area contributed by atoms with Crippen LogP contribution in [0, 0.1) is 0 Å². The lowest BCUT2D eigenvalue weighted by Crippen LogP contribution is -2.13. The van der Waals surface area contributed by atoms with Crippen molar-refractivity contribution in [3.63, 3.8) is 0 Å². The highest BCUT2D eigenvalue weighted by Crippen LogP contribution is 2.31. The first-order valence-electron chi connectivity index (χ1n) is 8.28. The Morgan fingerprint density at radius 2 is 1.80 bits per heavy atom. The molecule has 130 valence electrons. The van der Waals surface area contributed by atoms with E-state index in [2.05, 4.69) is 17.3 Å².